The van der Waals surface area contributed by atoms with Crippen molar-refractivity contribution < 1.29 is 23.1 Å². The third-order valence-corrected chi connectivity index (χ3v) is 6.02. The Morgan fingerprint density at radius 2 is 2.00 bits per heavy atom. The number of nitrogens with zero attached hydrogens (tertiary/aromatic N) is 1. The van der Waals surface area contributed by atoms with E-state index in [2.05, 4.69) is 5.32 Å². The van der Waals surface area contributed by atoms with Crippen molar-refractivity contribution >= 4 is 21.8 Å². The summed E-state index contributed by atoms with van der Waals surface area (Å²) in [5.74, 6) is -0.837. The number of carboxylic acid groups (broad SMARTS) is 1. The Morgan fingerprint density at radius 1 is 1.26 bits per heavy atom. The van der Waals surface area contributed by atoms with Gasteiger partial charge in [0.1, 0.15) is 6.04 Å². The summed E-state index contributed by atoms with van der Waals surface area (Å²) in [5.41, 5.74) is 0. The fraction of sp³-hybridized carbons (Fsp3) is 0.818. The third-order valence-electron chi connectivity index (χ3n) is 3.74. The van der Waals surface area contributed by atoms with Gasteiger partial charge in [0, 0.05) is 13.1 Å². The summed E-state index contributed by atoms with van der Waals surface area (Å²) in [4.78, 5) is 24.1. The van der Waals surface area contributed by atoms with E-state index in [0.717, 1.165) is 0 Å². The van der Waals surface area contributed by atoms with E-state index in [1.807, 2.05) is 0 Å². The minimum atomic E-state index is -3.09. The van der Waals surface area contributed by atoms with E-state index in [0.29, 0.717) is 32.2 Å². The van der Waals surface area contributed by atoms with Gasteiger partial charge in [0.05, 0.1) is 11.0 Å². The van der Waals surface area contributed by atoms with Gasteiger partial charge in [0.15, 0.2) is 9.84 Å². The minimum Gasteiger partial charge on any atom is -0.480 e. The van der Waals surface area contributed by atoms with Crippen LogP contribution in [0.1, 0.15) is 25.7 Å². The van der Waals surface area contributed by atoms with Crippen molar-refractivity contribution in [3.05, 3.63) is 0 Å². The molecule has 0 spiro atoms. The van der Waals surface area contributed by atoms with Crippen molar-refractivity contribution in [2.45, 2.75) is 37.0 Å². The molecule has 0 radical (unpaired) electrons. The zero-order valence-corrected chi connectivity index (χ0v) is 11.4. The highest BCUT2D eigenvalue weighted by atomic mass is 32.2. The Labute approximate surface area is 111 Å². The standard InChI is InChI=1S/C11H18N2O5S/c14-10(15)9-4-1-5-13(9)11(16)12-7-8-3-2-6-19(8,17)18/h8-9H,1-7H2,(H,12,16)(H,14,15)/t8?,9-/m0/s1. The molecule has 0 aromatic rings. The molecule has 2 heterocycles. The number of hydrogen-bond donors (Lipinski definition) is 2. The molecule has 2 saturated heterocycles. The van der Waals surface area contributed by atoms with Crippen LogP contribution in [0.5, 0.6) is 0 Å². The Bertz CT molecular complexity index is 475. The quantitative estimate of drug-likeness (QED) is 0.750. The van der Waals surface area contributed by atoms with Crippen LogP contribution < -0.4 is 5.32 Å². The molecule has 19 heavy (non-hydrogen) atoms. The Hall–Kier alpha value is -1.31. The van der Waals surface area contributed by atoms with Crippen molar-refractivity contribution in [2.24, 2.45) is 0 Å². The fourth-order valence-electron chi connectivity index (χ4n) is 2.66. The highest BCUT2D eigenvalue weighted by Crippen LogP contribution is 2.20. The molecule has 0 saturated carbocycles. The molecule has 2 aliphatic heterocycles. The Balaban J connectivity index is 1.89. The largest absolute Gasteiger partial charge is 0.480 e. The maximum Gasteiger partial charge on any atom is 0.326 e. The smallest absolute Gasteiger partial charge is 0.326 e. The van der Waals surface area contributed by atoms with Gasteiger partial charge in [0.25, 0.3) is 0 Å². The first kappa shape index (κ1) is 14.1. The predicted octanol–water partition coefficient (Wildman–Crippen LogP) is -0.178. The number of likely N-dealkylation sites (tertiary alicyclic amines) is 1. The van der Waals surface area contributed by atoms with E-state index in [9.17, 15) is 18.0 Å². The first-order valence-corrected chi connectivity index (χ1v) is 8.12. The number of nitrogens with one attached hydrogen (secondary N) is 1. The topological polar surface area (TPSA) is 104 Å². The number of amides is 2. The number of rotatable bonds is 3. The van der Waals surface area contributed by atoms with Gasteiger partial charge >= 0.3 is 12.0 Å². The predicted molar refractivity (Wildman–Crippen MR) is 67.6 cm³/mol. The van der Waals surface area contributed by atoms with Gasteiger partial charge in [-0.1, -0.05) is 0 Å². The fourth-order valence-corrected chi connectivity index (χ4v) is 4.42. The maximum absolute atomic E-state index is 11.9. The van der Waals surface area contributed by atoms with Crippen molar-refractivity contribution in [3.63, 3.8) is 0 Å². The van der Waals surface area contributed by atoms with Gasteiger partial charge in [-0.2, -0.15) is 0 Å². The second-order valence-electron chi connectivity index (χ2n) is 5.01. The number of aliphatic carboxylic acids is 1. The van der Waals surface area contributed by atoms with Gasteiger partial charge in [0.2, 0.25) is 0 Å². The van der Waals surface area contributed by atoms with Crippen LogP contribution >= 0.6 is 0 Å². The van der Waals surface area contributed by atoms with Crippen molar-refractivity contribution in [2.75, 3.05) is 18.8 Å². The van der Waals surface area contributed by atoms with Gasteiger partial charge in [-0.15, -0.1) is 0 Å². The van der Waals surface area contributed by atoms with E-state index in [1.165, 1.54) is 4.90 Å². The summed E-state index contributed by atoms with van der Waals surface area (Å²) >= 11 is 0. The van der Waals surface area contributed by atoms with Gasteiger partial charge in [-0.3, -0.25) is 0 Å². The lowest BCUT2D eigenvalue weighted by atomic mass is 10.2. The van der Waals surface area contributed by atoms with E-state index in [1.54, 1.807) is 0 Å². The molecule has 8 heteroatoms. The monoisotopic (exact) mass is 290 g/mol. The van der Waals surface area contributed by atoms with E-state index >= 15 is 0 Å². The van der Waals surface area contributed by atoms with E-state index in [4.69, 9.17) is 5.11 Å². The first-order chi connectivity index (χ1) is 8.92. The van der Waals surface area contributed by atoms with Crippen molar-refractivity contribution in [3.8, 4) is 0 Å². The summed E-state index contributed by atoms with van der Waals surface area (Å²) < 4.78 is 23.2. The number of carbonyl (C=O) groups excluding carboxylic acids is 1. The molecule has 108 valence electrons. The molecule has 0 aliphatic carbocycles. The van der Waals surface area contributed by atoms with Gasteiger partial charge in [-0.25, -0.2) is 18.0 Å². The lowest BCUT2D eigenvalue weighted by Crippen LogP contribution is -2.48. The summed E-state index contributed by atoms with van der Waals surface area (Å²) in [5, 5.41) is 11.0. The molecule has 2 N–H and O–H groups in total. The third kappa shape index (κ3) is 2.99. The zero-order chi connectivity index (χ0) is 14.0. The lowest BCUT2D eigenvalue weighted by Gasteiger charge is -2.22. The average Bonchev–Trinajstić information content (AvgIpc) is 2.92. The zero-order valence-electron chi connectivity index (χ0n) is 10.5. The van der Waals surface area contributed by atoms with Crippen LogP contribution in [0.2, 0.25) is 0 Å². The Kier molecular flexibility index (Phi) is 3.98. The van der Waals surface area contributed by atoms with Crippen LogP contribution in [0.4, 0.5) is 4.79 Å². The molecule has 2 aliphatic rings. The number of carboxylic acids is 1. The molecule has 1 unspecified atom stereocenters. The SMILES string of the molecule is O=C(O)[C@@H]1CCCN1C(=O)NCC1CCCS1(=O)=O. The van der Waals surface area contributed by atoms with Crippen molar-refractivity contribution in [1.29, 1.82) is 0 Å². The molecule has 7 nitrogen and oxygen atoms in total. The van der Waals surface area contributed by atoms with Crippen LogP contribution in [-0.4, -0.2) is 60.6 Å². The molecule has 0 bridgehead atoms. The molecule has 2 atom stereocenters. The molecule has 2 amide bonds. The maximum atomic E-state index is 11.9. The number of hydrogen-bond acceptors (Lipinski definition) is 4. The summed E-state index contributed by atoms with van der Waals surface area (Å²) in [6.07, 6.45) is 2.30. The van der Waals surface area contributed by atoms with Crippen LogP contribution in [0.25, 0.3) is 0 Å². The highest BCUT2D eigenvalue weighted by molar-refractivity contribution is 7.92. The van der Waals surface area contributed by atoms with Crippen LogP contribution in [0.3, 0.4) is 0 Å². The van der Waals surface area contributed by atoms with Gasteiger partial charge < -0.3 is 15.3 Å². The molecular formula is C11H18N2O5S. The van der Waals surface area contributed by atoms with Crippen LogP contribution in [0.15, 0.2) is 0 Å². The van der Waals surface area contributed by atoms with Crippen LogP contribution in [0, 0.1) is 0 Å². The Morgan fingerprint density at radius 3 is 2.58 bits per heavy atom. The minimum absolute atomic E-state index is 0.0734. The average molecular weight is 290 g/mol. The second-order valence-corrected chi connectivity index (χ2v) is 7.41. The summed E-state index contributed by atoms with van der Waals surface area (Å²) in [6, 6.07) is -1.27. The first-order valence-electron chi connectivity index (χ1n) is 6.40. The van der Waals surface area contributed by atoms with Crippen molar-refractivity contribution in [1.82, 2.24) is 10.2 Å². The molecular weight excluding hydrogens is 272 g/mol. The molecule has 0 aromatic heterocycles. The molecule has 2 rings (SSSR count). The van der Waals surface area contributed by atoms with E-state index < -0.39 is 33.1 Å². The van der Waals surface area contributed by atoms with E-state index in [-0.39, 0.29) is 12.3 Å². The second kappa shape index (κ2) is 5.36. The summed E-state index contributed by atoms with van der Waals surface area (Å²) in [7, 11) is -3.09. The molecule has 0 aromatic carbocycles. The number of sulfone groups is 1. The van der Waals surface area contributed by atoms with Crippen LogP contribution in [-0.2, 0) is 14.6 Å². The normalized spacial score (nSPS) is 29.4. The molecule has 2 fully saturated rings. The summed E-state index contributed by atoms with van der Waals surface area (Å²) in [6.45, 7) is 0.476. The van der Waals surface area contributed by atoms with Gasteiger partial charge in [-0.05, 0) is 25.7 Å². The lowest BCUT2D eigenvalue weighted by molar-refractivity contribution is -0.141. The number of carbonyl (C=O) groups is 2. The highest BCUT2D eigenvalue weighted by Gasteiger charge is 2.36. The number of urea groups is 1.